The van der Waals surface area contributed by atoms with Crippen LogP contribution in [0.3, 0.4) is 0 Å². The first-order valence-corrected chi connectivity index (χ1v) is 3.74. The third-order valence-corrected chi connectivity index (χ3v) is 1.71. The Balaban J connectivity index is 3.45. The number of H-pyrrole nitrogens is 1. The van der Waals surface area contributed by atoms with Crippen molar-refractivity contribution < 1.29 is 8.78 Å². The lowest BCUT2D eigenvalue weighted by atomic mass is 10.1. The summed E-state index contributed by atoms with van der Waals surface area (Å²) in [4.78, 5) is 13.3. The van der Waals surface area contributed by atoms with Crippen LogP contribution in [0.5, 0.6) is 0 Å². The molecule has 0 aliphatic rings. The van der Waals surface area contributed by atoms with Crippen LogP contribution in [0.15, 0.2) is 10.9 Å². The summed E-state index contributed by atoms with van der Waals surface area (Å²) in [5, 5.41) is 8.44. The highest BCUT2D eigenvalue weighted by atomic mass is 19.3. The molecule has 3 N–H and O–H groups in total. The van der Waals surface area contributed by atoms with Gasteiger partial charge in [-0.15, -0.1) is 0 Å². The number of aromatic nitrogens is 1. The predicted molar refractivity (Wildman–Crippen MR) is 44.6 cm³/mol. The normalized spacial score (nSPS) is 10.2. The molecule has 0 atom stereocenters. The number of alkyl halides is 2. The first-order chi connectivity index (χ1) is 6.60. The zero-order valence-corrected chi connectivity index (χ0v) is 7.05. The zero-order valence-electron chi connectivity index (χ0n) is 7.05. The number of aromatic amines is 1. The maximum atomic E-state index is 12.4. The third kappa shape index (κ3) is 1.78. The van der Waals surface area contributed by atoms with E-state index in [2.05, 4.69) is 4.98 Å². The van der Waals surface area contributed by atoms with Crippen molar-refractivity contribution in [2.45, 2.75) is 13.0 Å². The fourth-order valence-corrected chi connectivity index (χ4v) is 1.06. The Morgan fingerprint density at radius 2 is 2.29 bits per heavy atom. The number of nitriles is 1. The van der Waals surface area contributed by atoms with Crippen molar-refractivity contribution in [2.75, 3.05) is 0 Å². The Kier molecular flexibility index (Phi) is 2.94. The van der Waals surface area contributed by atoms with Crippen molar-refractivity contribution in [3.63, 3.8) is 0 Å². The molecule has 0 aromatic carbocycles. The van der Waals surface area contributed by atoms with E-state index in [9.17, 15) is 13.6 Å². The lowest BCUT2D eigenvalue weighted by Gasteiger charge is -2.05. The van der Waals surface area contributed by atoms with Crippen LogP contribution in [0.25, 0.3) is 0 Å². The molecule has 1 rings (SSSR count). The maximum Gasteiger partial charge on any atom is 0.278 e. The fraction of sp³-hybridized carbons (Fsp3) is 0.250. The minimum Gasteiger partial charge on any atom is -0.345 e. The average Bonchev–Trinajstić information content (AvgIpc) is 2.16. The van der Waals surface area contributed by atoms with Crippen molar-refractivity contribution >= 4 is 0 Å². The second-order valence-electron chi connectivity index (χ2n) is 2.56. The van der Waals surface area contributed by atoms with Gasteiger partial charge in [-0.25, -0.2) is 8.78 Å². The molecular weight excluding hydrogens is 192 g/mol. The summed E-state index contributed by atoms with van der Waals surface area (Å²) < 4.78 is 24.8. The molecule has 0 aliphatic carbocycles. The quantitative estimate of drug-likeness (QED) is 0.733. The summed E-state index contributed by atoms with van der Waals surface area (Å²) in [6.45, 7) is -0.277. The van der Waals surface area contributed by atoms with Gasteiger partial charge in [0.1, 0.15) is 11.8 Å². The lowest BCUT2D eigenvalue weighted by Crippen LogP contribution is -2.18. The van der Waals surface area contributed by atoms with Gasteiger partial charge in [-0.1, -0.05) is 0 Å². The molecule has 1 aromatic heterocycles. The summed E-state index contributed by atoms with van der Waals surface area (Å²) in [5.41, 5.74) is 3.56. The summed E-state index contributed by atoms with van der Waals surface area (Å²) in [5.74, 6) is 0. The Labute approximate surface area is 78.0 Å². The Bertz CT molecular complexity index is 433. The third-order valence-electron chi connectivity index (χ3n) is 1.71. The van der Waals surface area contributed by atoms with Crippen LogP contribution in [0.2, 0.25) is 0 Å². The van der Waals surface area contributed by atoms with E-state index in [4.69, 9.17) is 11.0 Å². The largest absolute Gasteiger partial charge is 0.345 e. The SMILES string of the molecule is N#Cc1cc(=O)c(CN)c(C(F)F)[nH]1. The molecule has 0 amide bonds. The zero-order chi connectivity index (χ0) is 10.7. The van der Waals surface area contributed by atoms with Crippen molar-refractivity contribution in [3.05, 3.63) is 33.2 Å². The molecule has 1 heterocycles. The summed E-state index contributed by atoms with van der Waals surface area (Å²) in [6, 6.07) is 2.54. The van der Waals surface area contributed by atoms with Gasteiger partial charge in [-0.3, -0.25) is 4.79 Å². The summed E-state index contributed by atoms with van der Waals surface area (Å²) in [6.07, 6.45) is -2.84. The fourth-order valence-electron chi connectivity index (χ4n) is 1.06. The number of rotatable bonds is 2. The minimum absolute atomic E-state index is 0.181. The Morgan fingerprint density at radius 3 is 2.71 bits per heavy atom. The van der Waals surface area contributed by atoms with Gasteiger partial charge in [0.25, 0.3) is 6.43 Å². The lowest BCUT2D eigenvalue weighted by molar-refractivity contribution is 0.144. The average molecular weight is 199 g/mol. The van der Waals surface area contributed by atoms with Gasteiger partial charge in [0.15, 0.2) is 5.43 Å². The molecule has 14 heavy (non-hydrogen) atoms. The van der Waals surface area contributed by atoms with Crippen molar-refractivity contribution in [1.82, 2.24) is 4.98 Å². The molecule has 0 bridgehead atoms. The number of halogens is 2. The van der Waals surface area contributed by atoms with E-state index in [0.29, 0.717) is 0 Å². The van der Waals surface area contributed by atoms with Gasteiger partial charge >= 0.3 is 0 Å². The van der Waals surface area contributed by atoms with Crippen molar-refractivity contribution in [3.8, 4) is 6.07 Å². The molecule has 0 radical (unpaired) electrons. The van der Waals surface area contributed by atoms with Crippen LogP contribution in [-0.4, -0.2) is 4.98 Å². The maximum absolute atomic E-state index is 12.4. The smallest absolute Gasteiger partial charge is 0.278 e. The molecule has 1 aromatic rings. The molecular formula is C8H7F2N3O. The van der Waals surface area contributed by atoms with Gasteiger partial charge in [0.2, 0.25) is 0 Å². The number of nitrogens with two attached hydrogens (primary N) is 1. The Hall–Kier alpha value is -1.74. The van der Waals surface area contributed by atoms with Gasteiger partial charge in [-0.05, 0) is 0 Å². The highest BCUT2D eigenvalue weighted by molar-refractivity contribution is 5.29. The van der Waals surface area contributed by atoms with Crippen molar-refractivity contribution in [2.24, 2.45) is 5.73 Å². The van der Waals surface area contributed by atoms with E-state index in [0.717, 1.165) is 6.07 Å². The number of pyridine rings is 1. The van der Waals surface area contributed by atoms with Crippen LogP contribution in [0.4, 0.5) is 8.78 Å². The first kappa shape index (κ1) is 10.3. The molecule has 74 valence electrons. The molecule has 6 heteroatoms. The highest BCUT2D eigenvalue weighted by Gasteiger charge is 2.16. The molecule has 0 aliphatic heterocycles. The number of hydrogen-bond acceptors (Lipinski definition) is 3. The van der Waals surface area contributed by atoms with Crippen molar-refractivity contribution in [1.29, 1.82) is 5.26 Å². The topological polar surface area (TPSA) is 82.7 Å². The summed E-state index contributed by atoms with van der Waals surface area (Å²) >= 11 is 0. The van der Waals surface area contributed by atoms with Gasteiger partial charge in [0.05, 0.1) is 5.69 Å². The van der Waals surface area contributed by atoms with Crippen LogP contribution in [0.1, 0.15) is 23.4 Å². The monoisotopic (exact) mass is 199 g/mol. The molecule has 0 fully saturated rings. The van der Waals surface area contributed by atoms with Crippen LogP contribution < -0.4 is 11.2 Å². The second-order valence-corrected chi connectivity index (χ2v) is 2.56. The Morgan fingerprint density at radius 1 is 1.64 bits per heavy atom. The second kappa shape index (κ2) is 3.98. The summed E-state index contributed by atoms with van der Waals surface area (Å²) in [7, 11) is 0. The van der Waals surface area contributed by atoms with Crippen LogP contribution >= 0.6 is 0 Å². The van der Waals surface area contributed by atoms with Gasteiger partial charge < -0.3 is 10.7 Å². The molecule has 0 spiro atoms. The molecule has 0 saturated heterocycles. The number of hydrogen-bond donors (Lipinski definition) is 2. The van der Waals surface area contributed by atoms with Crippen LogP contribution in [0, 0.1) is 11.3 Å². The van der Waals surface area contributed by atoms with E-state index in [-0.39, 0.29) is 17.8 Å². The van der Waals surface area contributed by atoms with Gasteiger partial charge in [-0.2, -0.15) is 5.26 Å². The van der Waals surface area contributed by atoms with E-state index >= 15 is 0 Å². The van der Waals surface area contributed by atoms with E-state index in [1.54, 1.807) is 6.07 Å². The first-order valence-electron chi connectivity index (χ1n) is 3.74. The van der Waals surface area contributed by atoms with E-state index in [1.165, 1.54) is 0 Å². The number of nitrogens with zero attached hydrogens (tertiary/aromatic N) is 1. The predicted octanol–water partition coefficient (Wildman–Crippen LogP) is 0.643. The molecule has 0 saturated carbocycles. The van der Waals surface area contributed by atoms with E-state index in [1.807, 2.05) is 0 Å². The highest BCUT2D eigenvalue weighted by Crippen LogP contribution is 2.18. The molecule has 0 unspecified atom stereocenters. The van der Waals surface area contributed by atoms with Crippen LogP contribution in [-0.2, 0) is 6.54 Å². The molecule has 4 nitrogen and oxygen atoms in total. The minimum atomic E-state index is -2.84. The van der Waals surface area contributed by atoms with Gasteiger partial charge in [0, 0.05) is 18.2 Å². The number of nitrogens with one attached hydrogen (secondary N) is 1. The van der Waals surface area contributed by atoms with E-state index < -0.39 is 17.5 Å². The standard InChI is InChI=1S/C8H7F2N3O/c9-8(10)7-5(3-12)6(14)1-4(2-11)13-7/h1,8H,3,12H2,(H,13,14).